The molecule has 1 aliphatic heterocycles. The summed E-state index contributed by atoms with van der Waals surface area (Å²) in [5.74, 6) is -0.0872. The van der Waals surface area contributed by atoms with Gasteiger partial charge in [0.1, 0.15) is 12.4 Å². The molecule has 0 aliphatic carbocycles. The third kappa shape index (κ3) is 5.26. The molecule has 0 saturated carbocycles. The first-order valence-corrected chi connectivity index (χ1v) is 12.1. The van der Waals surface area contributed by atoms with E-state index in [-0.39, 0.29) is 24.9 Å². The van der Waals surface area contributed by atoms with E-state index in [1.807, 2.05) is 6.07 Å². The van der Waals surface area contributed by atoms with Crippen molar-refractivity contribution in [3.8, 4) is 5.75 Å². The Kier molecular flexibility index (Phi) is 6.37. The summed E-state index contributed by atoms with van der Waals surface area (Å²) in [6.45, 7) is 7.94. The number of allylic oxidation sites excluding steroid dienone is 1. The summed E-state index contributed by atoms with van der Waals surface area (Å²) in [5, 5.41) is 8.99. The molecule has 176 valence electrons. The molecule has 1 aromatic heterocycles. The molecule has 3 aromatic rings. The first-order valence-electron chi connectivity index (χ1n) is 10.2. The molecule has 0 atom stereocenters. The van der Waals surface area contributed by atoms with Crippen LogP contribution < -0.4 is 25.0 Å². The van der Waals surface area contributed by atoms with Crippen molar-refractivity contribution in [2.75, 3.05) is 39.7 Å². The lowest BCUT2D eigenvalue weighted by molar-refractivity contribution is 0.316. The van der Waals surface area contributed by atoms with Gasteiger partial charge in [0.05, 0.1) is 24.7 Å². The van der Waals surface area contributed by atoms with Crippen molar-refractivity contribution in [3.63, 3.8) is 0 Å². The molecule has 0 saturated heterocycles. The molecule has 0 radical (unpaired) electrons. The number of aromatic nitrogens is 2. The molecule has 0 unspecified atom stereocenters. The van der Waals surface area contributed by atoms with E-state index in [2.05, 4.69) is 39.1 Å². The number of halogens is 1. The van der Waals surface area contributed by atoms with Crippen molar-refractivity contribution in [2.45, 2.75) is 0 Å². The van der Waals surface area contributed by atoms with E-state index < -0.39 is 15.8 Å². The number of ether oxygens (including phenoxy) is 1. The molecule has 9 nitrogen and oxygen atoms in total. The highest BCUT2D eigenvalue weighted by atomic mass is 32.2. The highest BCUT2D eigenvalue weighted by molar-refractivity contribution is 7.92. The Labute approximate surface area is 197 Å². The normalized spacial score (nSPS) is 12.8. The smallest absolute Gasteiger partial charge is 0.232 e. The minimum Gasteiger partial charge on any atom is -0.489 e. The van der Waals surface area contributed by atoms with Gasteiger partial charge in [0.15, 0.2) is 11.6 Å². The number of sulfonamides is 1. The monoisotopic (exact) mass is 482 g/mol. The summed E-state index contributed by atoms with van der Waals surface area (Å²) in [7, 11) is -3.47. The van der Waals surface area contributed by atoms with E-state index in [0.717, 1.165) is 18.1 Å². The van der Waals surface area contributed by atoms with Gasteiger partial charge < -0.3 is 20.7 Å². The maximum atomic E-state index is 14.4. The topological polar surface area (TPSA) is 108 Å². The minimum atomic E-state index is -3.47. The van der Waals surface area contributed by atoms with E-state index >= 15 is 0 Å². The fraction of sp³-hybridized carbons (Fsp3) is 0.130. The summed E-state index contributed by atoms with van der Waals surface area (Å²) >= 11 is 0. The molecule has 4 rings (SSSR count). The first kappa shape index (κ1) is 23.1. The van der Waals surface area contributed by atoms with Gasteiger partial charge in [-0.3, -0.25) is 4.31 Å². The Morgan fingerprint density at radius 2 is 1.94 bits per heavy atom. The van der Waals surface area contributed by atoms with Crippen molar-refractivity contribution in [2.24, 2.45) is 0 Å². The number of nitrogens with one attached hydrogen (secondary N) is 3. The summed E-state index contributed by atoms with van der Waals surface area (Å²) in [6, 6.07) is 12.1. The standard InChI is InChI=1S/C23H23FN6O3S/c1-4-15(2)26-16-6-5-7-17(12-16)27-22-19(24)14-25-23(29-22)28-18-8-9-21-20(13-18)30(10-11-33-21)34(3,31)32/h4-9,12-14,26H,1-2,10-11H2,3H3,(H2,25,27,28,29). The molecule has 11 heteroatoms. The van der Waals surface area contributed by atoms with Crippen LogP contribution >= 0.6 is 0 Å². The minimum absolute atomic E-state index is 0.0312. The number of nitrogens with zero attached hydrogens (tertiary/aromatic N) is 3. The maximum absolute atomic E-state index is 14.4. The lowest BCUT2D eigenvalue weighted by atomic mass is 10.2. The molecule has 1 aliphatic rings. The van der Waals surface area contributed by atoms with Gasteiger partial charge in [-0.1, -0.05) is 19.2 Å². The number of hydrogen-bond acceptors (Lipinski definition) is 8. The van der Waals surface area contributed by atoms with Crippen LogP contribution in [0.1, 0.15) is 0 Å². The molecule has 2 aromatic carbocycles. The SMILES string of the molecule is C=CC(=C)Nc1cccc(Nc2nc(Nc3ccc4c(c3)N(S(C)(=O)=O)CCO4)ncc2F)c1. The quantitative estimate of drug-likeness (QED) is 0.406. The molecule has 0 amide bonds. The van der Waals surface area contributed by atoms with Crippen LogP contribution in [0.2, 0.25) is 0 Å². The molecule has 0 fully saturated rings. The van der Waals surface area contributed by atoms with E-state index in [1.165, 1.54) is 4.31 Å². The van der Waals surface area contributed by atoms with Crippen LogP contribution in [0.3, 0.4) is 0 Å². The molecule has 3 N–H and O–H groups in total. The summed E-state index contributed by atoms with van der Waals surface area (Å²) in [4.78, 5) is 8.21. The predicted molar refractivity (Wildman–Crippen MR) is 132 cm³/mol. The average molecular weight is 483 g/mol. The Balaban J connectivity index is 1.56. The molecule has 0 bridgehead atoms. The molecule has 34 heavy (non-hydrogen) atoms. The number of anilines is 6. The van der Waals surface area contributed by atoms with Gasteiger partial charge in [-0.15, -0.1) is 0 Å². The maximum Gasteiger partial charge on any atom is 0.232 e. The van der Waals surface area contributed by atoms with Crippen molar-refractivity contribution < 1.29 is 17.5 Å². The van der Waals surface area contributed by atoms with Crippen LogP contribution in [0, 0.1) is 5.82 Å². The number of fused-ring (bicyclic) bond motifs is 1. The molecular formula is C23H23FN6O3S. The number of benzene rings is 2. The van der Waals surface area contributed by atoms with Crippen molar-refractivity contribution in [3.05, 3.63) is 79.4 Å². The Morgan fingerprint density at radius 1 is 1.18 bits per heavy atom. The predicted octanol–water partition coefficient (Wildman–Crippen LogP) is 4.37. The Bertz CT molecular complexity index is 1360. The average Bonchev–Trinajstić information content (AvgIpc) is 2.80. The Morgan fingerprint density at radius 3 is 2.71 bits per heavy atom. The van der Waals surface area contributed by atoms with Gasteiger partial charge in [-0.2, -0.15) is 4.98 Å². The lowest BCUT2D eigenvalue weighted by Gasteiger charge is -2.29. The van der Waals surface area contributed by atoms with Gasteiger partial charge in [-0.05, 0) is 42.5 Å². The van der Waals surface area contributed by atoms with E-state index in [0.29, 0.717) is 28.5 Å². The molecular weight excluding hydrogens is 459 g/mol. The fourth-order valence-electron chi connectivity index (χ4n) is 3.31. The second-order valence-electron chi connectivity index (χ2n) is 7.44. The van der Waals surface area contributed by atoms with Crippen LogP contribution in [-0.4, -0.2) is 37.8 Å². The summed E-state index contributed by atoms with van der Waals surface area (Å²) < 4.78 is 45.5. The van der Waals surface area contributed by atoms with Gasteiger partial charge in [0, 0.05) is 22.8 Å². The zero-order valence-electron chi connectivity index (χ0n) is 18.4. The zero-order valence-corrected chi connectivity index (χ0v) is 19.2. The van der Waals surface area contributed by atoms with Crippen LogP contribution in [0.25, 0.3) is 0 Å². The number of hydrogen-bond donors (Lipinski definition) is 3. The van der Waals surface area contributed by atoms with Crippen LogP contribution in [0.5, 0.6) is 5.75 Å². The molecule has 2 heterocycles. The van der Waals surface area contributed by atoms with Crippen LogP contribution in [0.4, 0.5) is 38.9 Å². The largest absolute Gasteiger partial charge is 0.489 e. The third-order valence-corrected chi connectivity index (χ3v) is 6.04. The van der Waals surface area contributed by atoms with E-state index in [9.17, 15) is 12.8 Å². The third-order valence-electron chi connectivity index (χ3n) is 4.86. The van der Waals surface area contributed by atoms with Gasteiger partial charge in [0.2, 0.25) is 16.0 Å². The van der Waals surface area contributed by atoms with Crippen molar-refractivity contribution in [1.29, 1.82) is 0 Å². The van der Waals surface area contributed by atoms with Crippen molar-refractivity contribution >= 4 is 44.5 Å². The zero-order chi connectivity index (χ0) is 24.3. The van der Waals surface area contributed by atoms with Crippen LogP contribution in [-0.2, 0) is 10.0 Å². The fourth-order valence-corrected chi connectivity index (χ4v) is 4.21. The Hall–Kier alpha value is -4.12. The van der Waals surface area contributed by atoms with Gasteiger partial charge >= 0.3 is 0 Å². The second kappa shape index (κ2) is 9.40. The first-order chi connectivity index (χ1) is 16.2. The molecule has 0 spiro atoms. The lowest BCUT2D eigenvalue weighted by Crippen LogP contribution is -2.37. The number of rotatable bonds is 8. The highest BCUT2D eigenvalue weighted by Crippen LogP contribution is 2.36. The van der Waals surface area contributed by atoms with Crippen LogP contribution in [0.15, 0.2) is 73.6 Å². The van der Waals surface area contributed by atoms with E-state index in [4.69, 9.17) is 4.74 Å². The van der Waals surface area contributed by atoms with Crippen molar-refractivity contribution in [1.82, 2.24) is 9.97 Å². The van der Waals surface area contributed by atoms with E-state index in [1.54, 1.807) is 42.5 Å². The second-order valence-corrected chi connectivity index (χ2v) is 9.35. The van der Waals surface area contributed by atoms with Gasteiger partial charge in [0.25, 0.3) is 0 Å². The van der Waals surface area contributed by atoms with Gasteiger partial charge in [-0.25, -0.2) is 17.8 Å². The highest BCUT2D eigenvalue weighted by Gasteiger charge is 2.25. The summed E-state index contributed by atoms with van der Waals surface area (Å²) in [6.07, 6.45) is 3.77. The summed E-state index contributed by atoms with van der Waals surface area (Å²) in [5.41, 5.74) is 2.89.